The molecule has 0 spiro atoms. The number of hydrogen-bond acceptors (Lipinski definition) is 4. The van der Waals surface area contributed by atoms with Crippen molar-refractivity contribution in [3.8, 4) is 0 Å². The minimum Gasteiger partial charge on any atom is -0.481 e. The summed E-state index contributed by atoms with van der Waals surface area (Å²) in [7, 11) is -3.36. The van der Waals surface area contributed by atoms with Gasteiger partial charge in [-0.25, -0.2) is 13.1 Å². The summed E-state index contributed by atoms with van der Waals surface area (Å²) >= 11 is 0. The molecule has 0 aliphatic carbocycles. The van der Waals surface area contributed by atoms with Crippen molar-refractivity contribution >= 4 is 21.9 Å². The van der Waals surface area contributed by atoms with Crippen LogP contribution in [-0.2, 0) is 19.6 Å². The lowest BCUT2D eigenvalue weighted by molar-refractivity contribution is -0.139. The van der Waals surface area contributed by atoms with Gasteiger partial charge in [0.15, 0.2) is 0 Å². The van der Waals surface area contributed by atoms with Crippen LogP contribution in [-0.4, -0.2) is 43.7 Å². The van der Waals surface area contributed by atoms with Crippen LogP contribution in [0.2, 0.25) is 0 Å². The van der Waals surface area contributed by atoms with E-state index in [1.165, 1.54) is 0 Å². The van der Waals surface area contributed by atoms with E-state index in [9.17, 15) is 18.0 Å². The standard InChI is InChI=1S/C12H24N2O5S/c1-11(2,7-10(16)17)6-9(15)13-8-12(3,4)14-20(5,18)19/h14H,6-8H2,1-5H3,(H,13,15)(H,16,17). The molecule has 118 valence electrons. The summed E-state index contributed by atoms with van der Waals surface area (Å²) in [5, 5.41) is 11.4. The van der Waals surface area contributed by atoms with Crippen molar-refractivity contribution in [1.29, 1.82) is 0 Å². The molecule has 3 N–H and O–H groups in total. The number of carboxylic acids is 1. The molecule has 0 aromatic rings. The topological polar surface area (TPSA) is 113 Å². The Bertz CT molecular complexity index is 468. The van der Waals surface area contributed by atoms with E-state index in [4.69, 9.17) is 5.11 Å². The number of amides is 1. The molecule has 0 heterocycles. The summed E-state index contributed by atoms with van der Waals surface area (Å²) in [6, 6.07) is 0. The summed E-state index contributed by atoms with van der Waals surface area (Å²) in [6.07, 6.45) is 1.01. The number of nitrogens with one attached hydrogen (secondary N) is 2. The summed E-state index contributed by atoms with van der Waals surface area (Å²) < 4.78 is 24.7. The van der Waals surface area contributed by atoms with Crippen molar-refractivity contribution in [3.05, 3.63) is 0 Å². The molecule has 8 heteroatoms. The lowest BCUT2D eigenvalue weighted by Gasteiger charge is -2.27. The molecule has 0 aromatic heterocycles. The van der Waals surface area contributed by atoms with Crippen LogP contribution in [0, 0.1) is 5.41 Å². The number of sulfonamides is 1. The zero-order valence-electron chi connectivity index (χ0n) is 12.6. The quantitative estimate of drug-likeness (QED) is 0.598. The monoisotopic (exact) mass is 308 g/mol. The van der Waals surface area contributed by atoms with Gasteiger partial charge in [0.1, 0.15) is 0 Å². The zero-order valence-corrected chi connectivity index (χ0v) is 13.4. The van der Waals surface area contributed by atoms with E-state index in [-0.39, 0.29) is 25.3 Å². The Balaban J connectivity index is 4.39. The lowest BCUT2D eigenvalue weighted by atomic mass is 9.85. The number of hydrogen-bond donors (Lipinski definition) is 3. The van der Waals surface area contributed by atoms with Gasteiger partial charge in [0.25, 0.3) is 0 Å². The van der Waals surface area contributed by atoms with Gasteiger partial charge >= 0.3 is 5.97 Å². The highest BCUT2D eigenvalue weighted by molar-refractivity contribution is 7.88. The van der Waals surface area contributed by atoms with E-state index in [0.717, 1.165) is 6.26 Å². The molecule has 0 aliphatic rings. The van der Waals surface area contributed by atoms with Crippen molar-refractivity contribution in [2.75, 3.05) is 12.8 Å². The molecular formula is C12H24N2O5S. The van der Waals surface area contributed by atoms with Crippen LogP contribution in [0.3, 0.4) is 0 Å². The molecular weight excluding hydrogens is 284 g/mol. The van der Waals surface area contributed by atoms with Gasteiger partial charge in [0, 0.05) is 18.5 Å². The number of carboxylic acid groups (broad SMARTS) is 1. The molecule has 0 rings (SSSR count). The fourth-order valence-corrected chi connectivity index (χ4v) is 2.90. The van der Waals surface area contributed by atoms with E-state index >= 15 is 0 Å². The summed E-state index contributed by atoms with van der Waals surface area (Å²) in [5.41, 5.74) is -1.45. The van der Waals surface area contributed by atoms with Crippen molar-refractivity contribution < 1.29 is 23.1 Å². The Kier molecular flexibility index (Phi) is 6.16. The van der Waals surface area contributed by atoms with Crippen molar-refractivity contribution in [3.63, 3.8) is 0 Å². The molecule has 0 bridgehead atoms. The molecule has 7 nitrogen and oxygen atoms in total. The second-order valence-corrected chi connectivity index (χ2v) is 8.19. The molecule has 20 heavy (non-hydrogen) atoms. The van der Waals surface area contributed by atoms with Gasteiger partial charge in [-0.2, -0.15) is 0 Å². The minimum atomic E-state index is -3.36. The first-order valence-electron chi connectivity index (χ1n) is 6.20. The van der Waals surface area contributed by atoms with Crippen molar-refractivity contribution in [1.82, 2.24) is 10.0 Å². The highest BCUT2D eigenvalue weighted by Gasteiger charge is 2.27. The smallest absolute Gasteiger partial charge is 0.303 e. The Labute approximate surface area is 120 Å². The average molecular weight is 308 g/mol. The fraction of sp³-hybridized carbons (Fsp3) is 0.833. The van der Waals surface area contributed by atoms with Crippen LogP contribution in [0.5, 0.6) is 0 Å². The molecule has 0 atom stereocenters. The predicted octanol–water partition coefficient (Wildman–Crippen LogP) is 0.321. The summed E-state index contributed by atoms with van der Waals surface area (Å²) in [4.78, 5) is 22.4. The third-order valence-electron chi connectivity index (χ3n) is 2.46. The molecule has 0 fully saturated rings. The van der Waals surface area contributed by atoms with Crippen molar-refractivity contribution in [2.45, 2.75) is 46.1 Å². The Morgan fingerprint density at radius 2 is 1.60 bits per heavy atom. The largest absolute Gasteiger partial charge is 0.481 e. The van der Waals surface area contributed by atoms with E-state index in [0.29, 0.717) is 0 Å². The van der Waals surface area contributed by atoms with Crippen LogP contribution >= 0.6 is 0 Å². The highest BCUT2D eigenvalue weighted by atomic mass is 32.2. The van der Waals surface area contributed by atoms with Gasteiger partial charge in [0.2, 0.25) is 15.9 Å². The van der Waals surface area contributed by atoms with E-state index < -0.39 is 26.9 Å². The third kappa shape index (κ3) is 9.74. The zero-order chi connectivity index (χ0) is 16.2. The first-order valence-corrected chi connectivity index (χ1v) is 8.09. The number of carbonyl (C=O) groups excluding carboxylic acids is 1. The van der Waals surface area contributed by atoms with Gasteiger partial charge < -0.3 is 10.4 Å². The molecule has 0 aliphatic heterocycles. The Morgan fingerprint density at radius 3 is 2.00 bits per heavy atom. The van der Waals surface area contributed by atoms with Gasteiger partial charge in [-0.3, -0.25) is 9.59 Å². The van der Waals surface area contributed by atoms with Gasteiger partial charge in [0.05, 0.1) is 12.7 Å². The average Bonchev–Trinajstić information content (AvgIpc) is 2.07. The predicted molar refractivity (Wildman–Crippen MR) is 75.7 cm³/mol. The Morgan fingerprint density at radius 1 is 1.10 bits per heavy atom. The van der Waals surface area contributed by atoms with E-state index in [1.54, 1.807) is 27.7 Å². The van der Waals surface area contributed by atoms with Crippen LogP contribution in [0.15, 0.2) is 0 Å². The maximum absolute atomic E-state index is 11.8. The van der Waals surface area contributed by atoms with Gasteiger partial charge in [-0.05, 0) is 19.3 Å². The first-order chi connectivity index (χ1) is 8.72. The number of aliphatic carboxylic acids is 1. The minimum absolute atomic E-state index is 0.0637. The van der Waals surface area contributed by atoms with E-state index in [1.807, 2.05) is 0 Å². The third-order valence-corrected chi connectivity index (χ3v) is 3.38. The van der Waals surface area contributed by atoms with Crippen LogP contribution < -0.4 is 10.0 Å². The van der Waals surface area contributed by atoms with E-state index in [2.05, 4.69) is 10.0 Å². The molecule has 1 amide bonds. The van der Waals surface area contributed by atoms with Crippen LogP contribution in [0.1, 0.15) is 40.5 Å². The Hall–Kier alpha value is -1.15. The van der Waals surface area contributed by atoms with Crippen molar-refractivity contribution in [2.24, 2.45) is 5.41 Å². The van der Waals surface area contributed by atoms with Crippen LogP contribution in [0.25, 0.3) is 0 Å². The summed E-state index contributed by atoms with van der Waals surface area (Å²) in [6.45, 7) is 6.82. The molecule has 0 radical (unpaired) electrons. The second-order valence-electron chi connectivity index (χ2n) is 6.45. The fourth-order valence-electron chi connectivity index (χ4n) is 1.83. The molecule has 0 saturated carbocycles. The number of carbonyl (C=O) groups is 2. The normalized spacial score (nSPS) is 13.1. The molecule has 0 unspecified atom stereocenters. The van der Waals surface area contributed by atoms with Crippen LogP contribution in [0.4, 0.5) is 0 Å². The molecule has 0 saturated heterocycles. The first kappa shape index (κ1) is 18.9. The van der Waals surface area contributed by atoms with Gasteiger partial charge in [-0.15, -0.1) is 0 Å². The maximum Gasteiger partial charge on any atom is 0.303 e. The second kappa shape index (κ2) is 6.53. The maximum atomic E-state index is 11.8. The van der Waals surface area contributed by atoms with Gasteiger partial charge in [-0.1, -0.05) is 13.8 Å². The summed E-state index contributed by atoms with van der Waals surface area (Å²) in [5.74, 6) is -1.26. The SMILES string of the molecule is CC(C)(CC(=O)O)CC(=O)NCC(C)(C)NS(C)(=O)=O. The number of rotatable bonds is 8. The highest BCUT2D eigenvalue weighted by Crippen LogP contribution is 2.24. The lowest BCUT2D eigenvalue weighted by Crippen LogP contribution is -2.51. The molecule has 0 aromatic carbocycles.